The minimum atomic E-state index is -0.980. The first kappa shape index (κ1) is 20.5. The highest BCUT2D eigenvalue weighted by Gasteiger charge is 2.19. The van der Waals surface area contributed by atoms with Crippen molar-refractivity contribution in [2.24, 2.45) is 11.5 Å². The zero-order chi connectivity index (χ0) is 21.7. The van der Waals surface area contributed by atoms with E-state index in [9.17, 15) is 14.4 Å². The molecule has 0 aliphatic heterocycles. The van der Waals surface area contributed by atoms with Crippen LogP contribution in [0, 0.1) is 0 Å². The quantitative estimate of drug-likeness (QED) is 0.443. The molecule has 0 aliphatic carbocycles. The Morgan fingerprint density at radius 1 is 1.07 bits per heavy atom. The number of ether oxygens (including phenoxy) is 2. The Kier molecular flexibility index (Phi) is 6.08. The van der Waals surface area contributed by atoms with Gasteiger partial charge in [0, 0.05) is 11.6 Å². The van der Waals surface area contributed by atoms with Gasteiger partial charge in [-0.3, -0.25) is 9.59 Å². The van der Waals surface area contributed by atoms with E-state index in [2.05, 4.69) is 25.3 Å². The number of carbonyl (C=O) groups excluding carboxylic acids is 3. The topological polar surface area (TPSA) is 172 Å². The molecule has 11 nitrogen and oxygen atoms in total. The summed E-state index contributed by atoms with van der Waals surface area (Å²) in [7, 11) is 1.52. The molecular formula is C18H16N6O5S. The van der Waals surface area contributed by atoms with Crippen molar-refractivity contribution in [3.63, 3.8) is 0 Å². The summed E-state index contributed by atoms with van der Waals surface area (Å²) in [6.45, 7) is 0. The highest BCUT2D eigenvalue weighted by Crippen LogP contribution is 2.31. The molecule has 6 N–H and O–H groups in total. The third kappa shape index (κ3) is 4.99. The molecule has 3 rings (SSSR count). The maximum absolute atomic E-state index is 12.5. The van der Waals surface area contributed by atoms with Gasteiger partial charge < -0.3 is 31.6 Å². The van der Waals surface area contributed by atoms with Crippen LogP contribution >= 0.6 is 11.3 Å². The van der Waals surface area contributed by atoms with Crippen LogP contribution in [-0.2, 0) is 0 Å². The van der Waals surface area contributed by atoms with Crippen molar-refractivity contribution in [2.45, 2.75) is 0 Å². The van der Waals surface area contributed by atoms with Gasteiger partial charge >= 0.3 is 6.09 Å². The molecule has 3 amide bonds. The van der Waals surface area contributed by atoms with Crippen LogP contribution in [0.15, 0.2) is 42.6 Å². The van der Waals surface area contributed by atoms with Crippen molar-refractivity contribution in [3.05, 3.63) is 53.9 Å². The molecule has 2 heterocycles. The number of nitrogens with zero attached hydrogens (tertiary/aromatic N) is 2. The summed E-state index contributed by atoms with van der Waals surface area (Å²) in [5, 5.41) is 6.04. The fourth-order valence-electron chi connectivity index (χ4n) is 2.28. The number of pyridine rings is 1. The SMILES string of the molecule is COc1ccc(C(=O)Nc2sc(Nc3ccc(OC(N)=O)nc3)nc2C(N)=O)cc1. The van der Waals surface area contributed by atoms with E-state index in [-0.39, 0.29) is 16.6 Å². The minimum Gasteiger partial charge on any atom is -0.497 e. The molecule has 154 valence electrons. The smallest absolute Gasteiger partial charge is 0.411 e. The second kappa shape index (κ2) is 8.87. The zero-order valence-corrected chi connectivity index (χ0v) is 16.4. The molecule has 3 aromatic rings. The zero-order valence-electron chi connectivity index (χ0n) is 15.5. The predicted molar refractivity (Wildman–Crippen MR) is 109 cm³/mol. The van der Waals surface area contributed by atoms with Crippen molar-refractivity contribution in [1.29, 1.82) is 0 Å². The third-order valence-electron chi connectivity index (χ3n) is 3.63. The molecule has 0 fully saturated rings. The van der Waals surface area contributed by atoms with E-state index in [0.29, 0.717) is 22.1 Å². The number of anilines is 3. The second-order valence-electron chi connectivity index (χ2n) is 5.67. The van der Waals surface area contributed by atoms with Gasteiger partial charge in [0.2, 0.25) is 5.88 Å². The lowest BCUT2D eigenvalue weighted by molar-refractivity contribution is 0.0997. The van der Waals surface area contributed by atoms with Crippen LogP contribution < -0.4 is 31.6 Å². The summed E-state index contributed by atoms with van der Waals surface area (Å²) >= 11 is 1.02. The molecule has 0 aliphatic rings. The summed E-state index contributed by atoms with van der Waals surface area (Å²) in [5.74, 6) is -0.607. The van der Waals surface area contributed by atoms with E-state index in [1.54, 1.807) is 30.3 Å². The van der Waals surface area contributed by atoms with E-state index in [1.165, 1.54) is 19.4 Å². The lowest BCUT2D eigenvalue weighted by Gasteiger charge is -2.05. The fourth-order valence-corrected chi connectivity index (χ4v) is 3.17. The number of nitrogens with one attached hydrogen (secondary N) is 2. The Bertz CT molecular complexity index is 1080. The number of primary amides is 2. The summed E-state index contributed by atoms with van der Waals surface area (Å²) in [6, 6.07) is 9.43. The summed E-state index contributed by atoms with van der Waals surface area (Å²) in [6.07, 6.45) is 0.394. The number of hydrogen-bond donors (Lipinski definition) is 4. The van der Waals surface area contributed by atoms with Gasteiger partial charge in [-0.05, 0) is 30.3 Å². The second-order valence-corrected chi connectivity index (χ2v) is 6.67. The van der Waals surface area contributed by atoms with Gasteiger partial charge in [0.15, 0.2) is 10.8 Å². The molecule has 0 saturated carbocycles. The Labute approximate surface area is 174 Å². The molecule has 2 aromatic heterocycles. The van der Waals surface area contributed by atoms with E-state index >= 15 is 0 Å². The normalized spacial score (nSPS) is 10.2. The van der Waals surface area contributed by atoms with E-state index in [1.807, 2.05) is 0 Å². The average molecular weight is 428 g/mol. The monoisotopic (exact) mass is 428 g/mol. The van der Waals surface area contributed by atoms with Crippen LogP contribution in [0.1, 0.15) is 20.8 Å². The van der Waals surface area contributed by atoms with Crippen LogP contribution in [0.2, 0.25) is 0 Å². The molecule has 0 bridgehead atoms. The van der Waals surface area contributed by atoms with E-state index in [4.69, 9.17) is 16.2 Å². The Hall–Kier alpha value is -4.19. The lowest BCUT2D eigenvalue weighted by Crippen LogP contribution is -2.17. The van der Waals surface area contributed by atoms with Gasteiger partial charge in [-0.1, -0.05) is 11.3 Å². The first-order chi connectivity index (χ1) is 14.4. The maximum atomic E-state index is 12.5. The van der Waals surface area contributed by atoms with Crippen molar-refractivity contribution in [2.75, 3.05) is 17.7 Å². The molecule has 30 heavy (non-hydrogen) atoms. The number of carbonyl (C=O) groups is 3. The molecular weight excluding hydrogens is 412 g/mol. The number of benzene rings is 1. The Morgan fingerprint density at radius 3 is 2.37 bits per heavy atom. The van der Waals surface area contributed by atoms with Crippen LogP contribution in [0.5, 0.6) is 11.6 Å². The van der Waals surface area contributed by atoms with Gasteiger partial charge in [-0.2, -0.15) is 0 Å². The number of amides is 3. The highest BCUT2D eigenvalue weighted by molar-refractivity contribution is 7.20. The minimum absolute atomic E-state index is 0.0254. The van der Waals surface area contributed by atoms with Crippen LogP contribution in [0.3, 0.4) is 0 Å². The Balaban J connectivity index is 1.76. The van der Waals surface area contributed by atoms with Gasteiger partial charge in [0.05, 0.1) is 19.0 Å². The predicted octanol–water partition coefficient (Wildman–Crippen LogP) is 2.10. The van der Waals surface area contributed by atoms with Crippen LogP contribution in [0.25, 0.3) is 0 Å². The van der Waals surface area contributed by atoms with Crippen molar-refractivity contribution in [1.82, 2.24) is 9.97 Å². The van der Waals surface area contributed by atoms with Gasteiger partial charge in [0.1, 0.15) is 10.8 Å². The largest absolute Gasteiger partial charge is 0.497 e. The summed E-state index contributed by atoms with van der Waals surface area (Å²) < 4.78 is 9.70. The highest BCUT2D eigenvalue weighted by atomic mass is 32.1. The average Bonchev–Trinajstić information content (AvgIpc) is 3.11. The van der Waals surface area contributed by atoms with E-state index < -0.39 is 17.9 Å². The van der Waals surface area contributed by atoms with Crippen LogP contribution in [-0.4, -0.2) is 35.0 Å². The van der Waals surface area contributed by atoms with Crippen molar-refractivity contribution < 1.29 is 23.9 Å². The van der Waals surface area contributed by atoms with Gasteiger partial charge in [-0.15, -0.1) is 0 Å². The van der Waals surface area contributed by atoms with Gasteiger partial charge in [-0.25, -0.2) is 14.8 Å². The maximum Gasteiger partial charge on any atom is 0.411 e. The van der Waals surface area contributed by atoms with Crippen molar-refractivity contribution in [3.8, 4) is 11.6 Å². The summed E-state index contributed by atoms with van der Waals surface area (Å²) in [4.78, 5) is 42.9. The number of nitrogens with two attached hydrogens (primary N) is 2. The molecule has 0 radical (unpaired) electrons. The first-order valence-corrected chi connectivity index (χ1v) is 9.13. The third-order valence-corrected chi connectivity index (χ3v) is 4.52. The number of thiazole rings is 1. The molecule has 0 unspecified atom stereocenters. The Morgan fingerprint density at radius 2 is 1.80 bits per heavy atom. The fraction of sp³-hybridized carbons (Fsp3) is 0.0556. The first-order valence-electron chi connectivity index (χ1n) is 8.32. The molecule has 0 saturated heterocycles. The van der Waals surface area contributed by atoms with Gasteiger partial charge in [0.25, 0.3) is 11.8 Å². The van der Waals surface area contributed by atoms with E-state index in [0.717, 1.165) is 11.3 Å². The molecule has 0 atom stereocenters. The van der Waals surface area contributed by atoms with Crippen LogP contribution in [0.4, 0.5) is 20.6 Å². The lowest BCUT2D eigenvalue weighted by atomic mass is 10.2. The standard InChI is InChI=1S/C18H16N6O5S/c1-28-11-5-2-9(3-6-11)15(26)24-16-13(14(19)25)23-18(30-16)22-10-4-7-12(21-8-10)29-17(20)27/h2-8H,1H3,(H2,19,25)(H2,20,27)(H,22,23)(H,24,26). The number of hydrogen-bond acceptors (Lipinski definition) is 9. The van der Waals surface area contributed by atoms with Crippen molar-refractivity contribution >= 4 is 45.1 Å². The number of rotatable bonds is 7. The molecule has 1 aromatic carbocycles. The molecule has 0 spiro atoms. The summed E-state index contributed by atoms with van der Waals surface area (Å²) in [5.41, 5.74) is 11.1. The number of methoxy groups -OCH3 is 1. The number of aromatic nitrogens is 2. The molecule has 12 heteroatoms.